The first-order valence-corrected chi connectivity index (χ1v) is 10.3. The Labute approximate surface area is 178 Å². The molecule has 2 bridgehead atoms. The van der Waals surface area contributed by atoms with Crippen molar-refractivity contribution in [3.8, 4) is 0 Å². The van der Waals surface area contributed by atoms with E-state index in [1.807, 2.05) is 54.6 Å². The minimum atomic E-state index is -0.896. The molecule has 3 aromatic rings. The fraction of sp³-hybridized carbons (Fsp3) is 0.154. The Balaban J connectivity index is 1.63. The molecular weight excluding hydrogens is 388 g/mol. The SMILES string of the molecule is O=C(/C=C/C12c3ccccc3C(c3ccccc31)C1C(=O)NC(=O)C12)c1ccccn1. The van der Waals surface area contributed by atoms with Crippen LogP contribution in [0.3, 0.4) is 0 Å². The van der Waals surface area contributed by atoms with E-state index in [1.165, 1.54) is 6.08 Å². The van der Waals surface area contributed by atoms with Crippen LogP contribution in [-0.2, 0) is 15.0 Å². The van der Waals surface area contributed by atoms with Crippen LogP contribution in [0.25, 0.3) is 0 Å². The average molecular weight is 406 g/mol. The Kier molecular flexibility index (Phi) is 3.66. The number of ketones is 1. The number of hydrogen-bond acceptors (Lipinski definition) is 4. The van der Waals surface area contributed by atoms with Gasteiger partial charge in [0, 0.05) is 12.1 Å². The summed E-state index contributed by atoms with van der Waals surface area (Å²) in [4.78, 5) is 43.0. The van der Waals surface area contributed by atoms with Crippen molar-refractivity contribution >= 4 is 17.6 Å². The van der Waals surface area contributed by atoms with Crippen LogP contribution in [-0.4, -0.2) is 22.6 Å². The number of pyridine rings is 1. The zero-order chi connectivity index (χ0) is 21.2. The molecule has 7 rings (SSSR count). The summed E-state index contributed by atoms with van der Waals surface area (Å²) in [6.45, 7) is 0. The number of allylic oxidation sites excluding steroid dienone is 2. The molecule has 5 nitrogen and oxygen atoms in total. The molecule has 1 aliphatic heterocycles. The standard InChI is InChI=1S/C26H18N2O3/c29-20(19-11-5-6-14-27-19)12-13-26-17-9-3-1-7-15(17)21(16-8-2-4-10-18(16)26)22-23(26)25(31)28-24(22)30/h1-14,21-23H,(H,28,30,31)/b13-12+. The summed E-state index contributed by atoms with van der Waals surface area (Å²) < 4.78 is 0. The topological polar surface area (TPSA) is 76.1 Å². The largest absolute Gasteiger partial charge is 0.296 e. The molecule has 31 heavy (non-hydrogen) atoms. The predicted octanol–water partition coefficient (Wildman–Crippen LogP) is 3.15. The summed E-state index contributed by atoms with van der Waals surface area (Å²) in [7, 11) is 0. The first-order chi connectivity index (χ1) is 15.1. The number of carbonyl (C=O) groups excluding carboxylic acids is 3. The normalized spacial score (nSPS) is 27.5. The van der Waals surface area contributed by atoms with Gasteiger partial charge in [0.2, 0.25) is 17.6 Å². The number of nitrogens with zero attached hydrogens (tertiary/aromatic N) is 1. The van der Waals surface area contributed by atoms with Gasteiger partial charge in [-0.15, -0.1) is 0 Å². The van der Waals surface area contributed by atoms with Crippen LogP contribution in [0.5, 0.6) is 0 Å². The Morgan fingerprint density at radius 3 is 2.16 bits per heavy atom. The predicted molar refractivity (Wildman–Crippen MR) is 113 cm³/mol. The summed E-state index contributed by atoms with van der Waals surface area (Å²) in [6.07, 6.45) is 4.91. The van der Waals surface area contributed by atoms with Crippen LogP contribution in [0, 0.1) is 11.8 Å². The molecule has 150 valence electrons. The molecule has 2 heterocycles. The molecule has 2 atom stereocenters. The Hall–Kier alpha value is -3.86. The molecule has 1 saturated heterocycles. The van der Waals surface area contributed by atoms with E-state index in [-0.39, 0.29) is 23.5 Å². The van der Waals surface area contributed by atoms with Gasteiger partial charge in [0.1, 0.15) is 5.69 Å². The number of carbonyl (C=O) groups is 3. The van der Waals surface area contributed by atoms with Gasteiger partial charge in [0.05, 0.1) is 17.3 Å². The van der Waals surface area contributed by atoms with Crippen LogP contribution in [0.1, 0.15) is 38.7 Å². The molecule has 0 saturated carbocycles. The number of aromatic nitrogens is 1. The zero-order valence-corrected chi connectivity index (χ0v) is 16.5. The molecule has 1 N–H and O–H groups in total. The lowest BCUT2D eigenvalue weighted by atomic mass is 9.47. The third kappa shape index (κ3) is 2.26. The minimum Gasteiger partial charge on any atom is -0.296 e. The molecule has 2 amide bonds. The number of amides is 2. The average Bonchev–Trinajstić information content (AvgIpc) is 3.13. The molecule has 2 aromatic carbocycles. The summed E-state index contributed by atoms with van der Waals surface area (Å²) in [6, 6.07) is 21.1. The Morgan fingerprint density at radius 1 is 0.871 bits per heavy atom. The number of benzene rings is 2. The highest BCUT2D eigenvalue weighted by atomic mass is 16.2. The molecule has 1 fully saturated rings. The minimum absolute atomic E-state index is 0.175. The second kappa shape index (κ2) is 6.32. The van der Waals surface area contributed by atoms with Crippen molar-refractivity contribution in [2.45, 2.75) is 11.3 Å². The van der Waals surface area contributed by atoms with Crippen LogP contribution in [0.2, 0.25) is 0 Å². The smallest absolute Gasteiger partial charge is 0.232 e. The van der Waals surface area contributed by atoms with Gasteiger partial charge in [-0.25, -0.2) is 0 Å². The van der Waals surface area contributed by atoms with Crippen LogP contribution < -0.4 is 5.32 Å². The van der Waals surface area contributed by atoms with E-state index in [2.05, 4.69) is 10.3 Å². The molecule has 0 radical (unpaired) electrons. The van der Waals surface area contributed by atoms with Gasteiger partial charge in [-0.3, -0.25) is 24.7 Å². The summed E-state index contributed by atoms with van der Waals surface area (Å²) in [5.74, 6) is -2.02. The first kappa shape index (κ1) is 18.0. The van der Waals surface area contributed by atoms with Crippen LogP contribution >= 0.6 is 0 Å². The van der Waals surface area contributed by atoms with Gasteiger partial charge in [-0.05, 0) is 40.5 Å². The first-order valence-electron chi connectivity index (χ1n) is 10.3. The van der Waals surface area contributed by atoms with Gasteiger partial charge < -0.3 is 0 Å². The highest BCUT2D eigenvalue weighted by Crippen LogP contribution is 2.63. The van der Waals surface area contributed by atoms with E-state index in [1.54, 1.807) is 24.4 Å². The number of imide groups is 1. The van der Waals surface area contributed by atoms with Crippen molar-refractivity contribution in [1.29, 1.82) is 0 Å². The Bertz CT molecular complexity index is 1250. The van der Waals surface area contributed by atoms with Crippen LogP contribution in [0.15, 0.2) is 85.1 Å². The lowest BCUT2D eigenvalue weighted by Crippen LogP contribution is -2.52. The van der Waals surface area contributed by atoms with E-state index in [4.69, 9.17) is 0 Å². The monoisotopic (exact) mass is 406 g/mol. The number of rotatable bonds is 3. The molecule has 0 spiro atoms. The van der Waals surface area contributed by atoms with Gasteiger partial charge >= 0.3 is 0 Å². The summed E-state index contributed by atoms with van der Waals surface area (Å²) >= 11 is 0. The molecule has 3 aliphatic carbocycles. The Morgan fingerprint density at radius 2 is 1.52 bits per heavy atom. The second-order valence-corrected chi connectivity index (χ2v) is 8.29. The van der Waals surface area contributed by atoms with Crippen LogP contribution in [0.4, 0.5) is 0 Å². The van der Waals surface area contributed by atoms with Crippen molar-refractivity contribution in [3.63, 3.8) is 0 Å². The zero-order valence-electron chi connectivity index (χ0n) is 16.5. The number of nitrogens with one attached hydrogen (secondary N) is 1. The highest BCUT2D eigenvalue weighted by molar-refractivity contribution is 6.09. The van der Waals surface area contributed by atoms with Crippen molar-refractivity contribution in [2.75, 3.05) is 0 Å². The fourth-order valence-electron chi connectivity index (χ4n) is 5.84. The van der Waals surface area contributed by atoms with E-state index < -0.39 is 17.3 Å². The van der Waals surface area contributed by atoms with Crippen molar-refractivity contribution in [2.24, 2.45) is 11.8 Å². The van der Waals surface area contributed by atoms with Gasteiger partial charge in [-0.1, -0.05) is 60.7 Å². The molecule has 2 unspecified atom stereocenters. The highest BCUT2D eigenvalue weighted by Gasteiger charge is 2.65. The van der Waals surface area contributed by atoms with E-state index in [0.717, 1.165) is 22.3 Å². The van der Waals surface area contributed by atoms with Gasteiger partial charge in [0.15, 0.2) is 0 Å². The van der Waals surface area contributed by atoms with E-state index in [0.29, 0.717) is 5.69 Å². The lowest BCUT2D eigenvalue weighted by molar-refractivity contribution is -0.126. The maximum absolute atomic E-state index is 13.1. The fourth-order valence-corrected chi connectivity index (χ4v) is 5.84. The maximum Gasteiger partial charge on any atom is 0.232 e. The summed E-state index contributed by atoms with van der Waals surface area (Å²) in [5, 5.41) is 2.56. The van der Waals surface area contributed by atoms with Gasteiger partial charge in [0.25, 0.3) is 0 Å². The maximum atomic E-state index is 13.1. The third-order valence-corrected chi connectivity index (χ3v) is 6.94. The third-order valence-electron chi connectivity index (χ3n) is 6.94. The second-order valence-electron chi connectivity index (χ2n) is 8.29. The molecule has 5 heteroatoms. The molecular formula is C26H18N2O3. The van der Waals surface area contributed by atoms with Crippen molar-refractivity contribution in [3.05, 3.63) is 113 Å². The quantitative estimate of drug-likeness (QED) is 0.412. The lowest BCUT2D eigenvalue weighted by Gasteiger charge is -2.53. The summed E-state index contributed by atoms with van der Waals surface area (Å²) in [5.41, 5.74) is 3.49. The van der Waals surface area contributed by atoms with Gasteiger partial charge in [-0.2, -0.15) is 0 Å². The molecule has 4 aliphatic rings. The van der Waals surface area contributed by atoms with E-state index in [9.17, 15) is 14.4 Å². The van der Waals surface area contributed by atoms with E-state index >= 15 is 0 Å². The molecule has 1 aromatic heterocycles. The van der Waals surface area contributed by atoms with Crippen molar-refractivity contribution in [1.82, 2.24) is 10.3 Å². The van der Waals surface area contributed by atoms with Crippen molar-refractivity contribution < 1.29 is 14.4 Å². The number of hydrogen-bond donors (Lipinski definition) is 1.